The third-order valence-electron chi connectivity index (χ3n) is 2.20. The van der Waals surface area contributed by atoms with E-state index in [9.17, 15) is 0 Å². The van der Waals surface area contributed by atoms with Gasteiger partial charge in [0.2, 0.25) is 0 Å². The number of ether oxygens (including phenoxy) is 1. The molecule has 0 bridgehead atoms. The molecule has 0 saturated heterocycles. The average Bonchev–Trinajstić information content (AvgIpc) is 2.34. The van der Waals surface area contributed by atoms with Gasteiger partial charge in [-0.05, 0) is 43.4 Å². The molecular formula is C13H18N2OS. The van der Waals surface area contributed by atoms with Gasteiger partial charge in [0, 0.05) is 11.8 Å². The van der Waals surface area contributed by atoms with Crippen molar-refractivity contribution < 1.29 is 4.74 Å². The Labute approximate surface area is 107 Å². The summed E-state index contributed by atoms with van der Waals surface area (Å²) >= 11 is 1.85. The van der Waals surface area contributed by atoms with Gasteiger partial charge in [-0.2, -0.15) is 17.0 Å². The molecule has 0 radical (unpaired) electrons. The molecule has 4 heteroatoms. The minimum atomic E-state index is 0.280. The second kappa shape index (κ2) is 7.99. The van der Waals surface area contributed by atoms with Crippen molar-refractivity contribution in [2.45, 2.75) is 19.4 Å². The molecule has 0 heterocycles. The van der Waals surface area contributed by atoms with Crippen molar-refractivity contribution in [2.75, 3.05) is 18.1 Å². The molecule has 1 rings (SSSR count). The molecule has 1 aromatic rings. The van der Waals surface area contributed by atoms with Crippen LogP contribution in [0.2, 0.25) is 0 Å². The van der Waals surface area contributed by atoms with Gasteiger partial charge in [0.15, 0.2) is 0 Å². The summed E-state index contributed by atoms with van der Waals surface area (Å²) < 4.78 is 5.55. The van der Waals surface area contributed by atoms with Gasteiger partial charge in [0.25, 0.3) is 0 Å². The number of nitriles is 1. The van der Waals surface area contributed by atoms with Gasteiger partial charge >= 0.3 is 0 Å². The highest BCUT2D eigenvalue weighted by molar-refractivity contribution is 7.99. The summed E-state index contributed by atoms with van der Waals surface area (Å²) in [7, 11) is 0. The topological polar surface area (TPSA) is 59.0 Å². The van der Waals surface area contributed by atoms with Crippen LogP contribution in [-0.2, 0) is 0 Å². The Morgan fingerprint density at radius 2 is 2.06 bits per heavy atom. The van der Waals surface area contributed by atoms with Crippen LogP contribution < -0.4 is 10.5 Å². The van der Waals surface area contributed by atoms with Crippen molar-refractivity contribution in [1.82, 2.24) is 0 Å². The molecule has 92 valence electrons. The molecule has 1 aromatic carbocycles. The van der Waals surface area contributed by atoms with E-state index in [1.165, 1.54) is 0 Å². The number of hydrogen-bond donors (Lipinski definition) is 1. The molecular weight excluding hydrogens is 232 g/mol. The van der Waals surface area contributed by atoms with Crippen LogP contribution in [0.25, 0.3) is 0 Å². The number of nitrogens with two attached hydrogens (primary N) is 1. The van der Waals surface area contributed by atoms with E-state index in [-0.39, 0.29) is 6.04 Å². The molecule has 0 saturated carbocycles. The standard InChI is InChI=1S/C13H18N2OS/c1-11(15)6-8-17-9-7-16-13-4-2-12(10-14)3-5-13/h2-5,11H,6-9,15H2,1H3. The minimum absolute atomic E-state index is 0.280. The Kier molecular flexibility index (Phi) is 6.53. The van der Waals surface area contributed by atoms with E-state index in [2.05, 4.69) is 6.07 Å². The molecule has 0 spiro atoms. The molecule has 0 aliphatic carbocycles. The van der Waals surface area contributed by atoms with Gasteiger partial charge < -0.3 is 10.5 Å². The Morgan fingerprint density at radius 3 is 2.65 bits per heavy atom. The van der Waals surface area contributed by atoms with Crippen LogP contribution in [0.4, 0.5) is 0 Å². The molecule has 17 heavy (non-hydrogen) atoms. The Hall–Kier alpha value is -1.18. The monoisotopic (exact) mass is 250 g/mol. The summed E-state index contributed by atoms with van der Waals surface area (Å²) in [6.07, 6.45) is 1.04. The van der Waals surface area contributed by atoms with Gasteiger partial charge in [0.05, 0.1) is 18.2 Å². The summed E-state index contributed by atoms with van der Waals surface area (Å²) in [5.41, 5.74) is 6.31. The van der Waals surface area contributed by atoms with Gasteiger partial charge in [-0.3, -0.25) is 0 Å². The number of hydrogen-bond acceptors (Lipinski definition) is 4. The largest absolute Gasteiger partial charge is 0.493 e. The molecule has 0 aliphatic rings. The summed E-state index contributed by atoms with van der Waals surface area (Å²) in [6.45, 7) is 2.71. The SMILES string of the molecule is CC(N)CCSCCOc1ccc(C#N)cc1. The molecule has 3 nitrogen and oxygen atoms in total. The first-order valence-corrected chi connectivity index (χ1v) is 6.84. The lowest BCUT2D eigenvalue weighted by Crippen LogP contribution is -2.15. The zero-order chi connectivity index (χ0) is 12.5. The number of nitrogens with zero attached hydrogens (tertiary/aromatic N) is 1. The first kappa shape index (κ1) is 13.9. The predicted molar refractivity (Wildman–Crippen MR) is 72.2 cm³/mol. The molecule has 2 N–H and O–H groups in total. The van der Waals surface area contributed by atoms with E-state index in [0.29, 0.717) is 12.2 Å². The predicted octanol–water partition coefficient (Wildman–Crippen LogP) is 2.41. The normalized spacial score (nSPS) is 11.8. The van der Waals surface area contributed by atoms with Crippen LogP contribution in [-0.4, -0.2) is 24.2 Å². The van der Waals surface area contributed by atoms with Crippen molar-refractivity contribution in [3.05, 3.63) is 29.8 Å². The van der Waals surface area contributed by atoms with Gasteiger partial charge in [-0.25, -0.2) is 0 Å². The van der Waals surface area contributed by atoms with Crippen LogP contribution in [0.3, 0.4) is 0 Å². The molecule has 0 aromatic heterocycles. The summed E-state index contributed by atoms with van der Waals surface area (Å²) in [5, 5.41) is 8.64. The lowest BCUT2D eigenvalue weighted by molar-refractivity contribution is 0.344. The fourth-order valence-corrected chi connectivity index (χ4v) is 2.16. The zero-order valence-corrected chi connectivity index (χ0v) is 10.9. The van der Waals surface area contributed by atoms with Crippen molar-refractivity contribution in [3.8, 4) is 11.8 Å². The molecule has 1 atom stereocenters. The van der Waals surface area contributed by atoms with E-state index in [1.807, 2.05) is 30.8 Å². The lowest BCUT2D eigenvalue weighted by Gasteiger charge is -2.07. The van der Waals surface area contributed by atoms with Crippen LogP contribution in [0, 0.1) is 11.3 Å². The Balaban J connectivity index is 2.12. The second-order valence-electron chi connectivity index (χ2n) is 3.86. The quantitative estimate of drug-likeness (QED) is 0.755. The van der Waals surface area contributed by atoms with Crippen LogP contribution in [0.1, 0.15) is 18.9 Å². The fourth-order valence-electron chi connectivity index (χ4n) is 1.22. The van der Waals surface area contributed by atoms with E-state index < -0.39 is 0 Å². The maximum Gasteiger partial charge on any atom is 0.119 e. The molecule has 1 unspecified atom stereocenters. The maximum absolute atomic E-state index is 8.64. The number of rotatable bonds is 7. The van der Waals surface area contributed by atoms with Gasteiger partial charge in [-0.15, -0.1) is 0 Å². The third-order valence-corrected chi connectivity index (χ3v) is 3.18. The van der Waals surface area contributed by atoms with Gasteiger partial charge in [0.1, 0.15) is 5.75 Å². The number of benzene rings is 1. The second-order valence-corrected chi connectivity index (χ2v) is 5.09. The highest BCUT2D eigenvalue weighted by Gasteiger charge is 1.96. The van der Waals surface area contributed by atoms with Crippen molar-refractivity contribution in [3.63, 3.8) is 0 Å². The maximum atomic E-state index is 8.64. The highest BCUT2D eigenvalue weighted by atomic mass is 32.2. The third kappa shape index (κ3) is 6.20. The van der Waals surface area contributed by atoms with Crippen molar-refractivity contribution in [1.29, 1.82) is 5.26 Å². The Morgan fingerprint density at radius 1 is 1.35 bits per heavy atom. The van der Waals surface area contributed by atoms with E-state index in [0.717, 1.165) is 23.7 Å². The van der Waals surface area contributed by atoms with Crippen LogP contribution in [0.5, 0.6) is 5.75 Å². The Bertz CT molecular complexity index is 357. The smallest absolute Gasteiger partial charge is 0.119 e. The lowest BCUT2D eigenvalue weighted by atomic mass is 10.2. The first-order chi connectivity index (χ1) is 8.22. The number of thioether (sulfide) groups is 1. The highest BCUT2D eigenvalue weighted by Crippen LogP contribution is 2.12. The van der Waals surface area contributed by atoms with E-state index >= 15 is 0 Å². The molecule has 0 aliphatic heterocycles. The van der Waals surface area contributed by atoms with Crippen molar-refractivity contribution >= 4 is 11.8 Å². The zero-order valence-electron chi connectivity index (χ0n) is 10.1. The fraction of sp³-hybridized carbons (Fsp3) is 0.462. The molecule has 0 amide bonds. The first-order valence-electron chi connectivity index (χ1n) is 5.68. The van der Waals surface area contributed by atoms with E-state index in [1.54, 1.807) is 12.1 Å². The van der Waals surface area contributed by atoms with Crippen LogP contribution >= 0.6 is 11.8 Å². The van der Waals surface area contributed by atoms with Crippen molar-refractivity contribution in [2.24, 2.45) is 5.73 Å². The van der Waals surface area contributed by atoms with E-state index in [4.69, 9.17) is 15.7 Å². The van der Waals surface area contributed by atoms with Gasteiger partial charge in [-0.1, -0.05) is 0 Å². The molecule has 0 fully saturated rings. The summed E-state index contributed by atoms with van der Waals surface area (Å²) in [5.74, 6) is 2.86. The minimum Gasteiger partial charge on any atom is -0.493 e. The average molecular weight is 250 g/mol. The summed E-state index contributed by atoms with van der Waals surface area (Å²) in [6, 6.07) is 9.53. The summed E-state index contributed by atoms with van der Waals surface area (Å²) in [4.78, 5) is 0. The van der Waals surface area contributed by atoms with Crippen LogP contribution in [0.15, 0.2) is 24.3 Å².